The summed E-state index contributed by atoms with van der Waals surface area (Å²) < 4.78 is 5.13. The van der Waals surface area contributed by atoms with E-state index in [1.54, 1.807) is 4.90 Å². The van der Waals surface area contributed by atoms with Gasteiger partial charge >= 0.3 is 5.97 Å². The Balaban J connectivity index is 1.77. The monoisotopic (exact) mass is 254 g/mol. The molecule has 0 bridgehead atoms. The first-order chi connectivity index (χ1) is 8.70. The fourth-order valence-corrected chi connectivity index (χ4v) is 3.70. The van der Waals surface area contributed by atoms with Crippen LogP contribution in [0, 0.1) is 11.8 Å². The molecule has 0 radical (unpaired) electrons. The maximum Gasteiger partial charge on any atom is 0.309 e. The molecular formula is C15H28NO2+. The standard InChI is InChI=1S/C15H27NO2/c1-3-18-15(17)13-7-9-16(10-8-13)14-6-4-5-12(2)11-14/h12-14H,3-11H2,1-2H3/p+1/t12-,14+/m1/s1. The number of ether oxygens (including phenoxy) is 1. The van der Waals surface area contributed by atoms with Gasteiger partial charge in [-0.05, 0) is 25.7 Å². The Morgan fingerprint density at radius 3 is 2.56 bits per heavy atom. The van der Waals surface area contributed by atoms with Crippen molar-refractivity contribution in [3.05, 3.63) is 0 Å². The molecule has 0 aromatic heterocycles. The van der Waals surface area contributed by atoms with E-state index in [0.29, 0.717) is 6.61 Å². The third kappa shape index (κ3) is 3.47. The zero-order chi connectivity index (χ0) is 13.0. The van der Waals surface area contributed by atoms with E-state index in [1.165, 1.54) is 38.8 Å². The quantitative estimate of drug-likeness (QED) is 0.772. The molecule has 18 heavy (non-hydrogen) atoms. The molecule has 0 amide bonds. The van der Waals surface area contributed by atoms with Gasteiger partial charge in [0.25, 0.3) is 0 Å². The smallest absolute Gasteiger partial charge is 0.309 e. The molecule has 2 fully saturated rings. The summed E-state index contributed by atoms with van der Waals surface area (Å²) in [5.74, 6) is 1.11. The summed E-state index contributed by atoms with van der Waals surface area (Å²) >= 11 is 0. The van der Waals surface area contributed by atoms with E-state index >= 15 is 0 Å². The number of nitrogens with one attached hydrogen (secondary N) is 1. The van der Waals surface area contributed by atoms with Gasteiger partial charge in [0.1, 0.15) is 0 Å². The second-order valence-electron chi connectivity index (χ2n) is 6.15. The van der Waals surface area contributed by atoms with Gasteiger partial charge in [-0.2, -0.15) is 0 Å². The predicted molar refractivity (Wildman–Crippen MR) is 71.5 cm³/mol. The van der Waals surface area contributed by atoms with E-state index in [0.717, 1.165) is 24.8 Å². The van der Waals surface area contributed by atoms with Gasteiger partial charge in [-0.15, -0.1) is 0 Å². The van der Waals surface area contributed by atoms with Gasteiger partial charge in [-0.3, -0.25) is 4.79 Å². The van der Waals surface area contributed by atoms with Crippen molar-refractivity contribution in [2.24, 2.45) is 11.8 Å². The minimum Gasteiger partial charge on any atom is -0.466 e. The Kier molecular flexibility index (Phi) is 5.04. The predicted octanol–water partition coefficient (Wildman–Crippen LogP) is 1.42. The first-order valence-electron chi connectivity index (χ1n) is 7.72. The minimum absolute atomic E-state index is 0.0357. The molecule has 0 spiro atoms. The number of quaternary nitrogens is 1. The van der Waals surface area contributed by atoms with Crippen LogP contribution in [0.3, 0.4) is 0 Å². The average molecular weight is 254 g/mol. The van der Waals surface area contributed by atoms with Gasteiger partial charge in [0.05, 0.1) is 31.7 Å². The SMILES string of the molecule is CCOC(=O)C1CC[NH+]([C@H]2CCC[C@@H](C)C2)CC1. The van der Waals surface area contributed by atoms with E-state index in [4.69, 9.17) is 4.74 Å². The van der Waals surface area contributed by atoms with Crippen LogP contribution in [-0.2, 0) is 9.53 Å². The number of esters is 1. The Morgan fingerprint density at radius 1 is 1.22 bits per heavy atom. The number of piperidine rings is 1. The summed E-state index contributed by atoms with van der Waals surface area (Å²) in [5.41, 5.74) is 0. The molecule has 2 rings (SSSR count). The van der Waals surface area contributed by atoms with Crippen LogP contribution in [0.25, 0.3) is 0 Å². The highest BCUT2D eigenvalue weighted by Crippen LogP contribution is 2.23. The van der Waals surface area contributed by atoms with Crippen LogP contribution in [0.15, 0.2) is 0 Å². The second kappa shape index (κ2) is 6.55. The molecule has 0 unspecified atom stereocenters. The van der Waals surface area contributed by atoms with Crippen molar-refractivity contribution in [1.82, 2.24) is 0 Å². The fraction of sp³-hybridized carbons (Fsp3) is 0.933. The summed E-state index contributed by atoms with van der Waals surface area (Å²) in [6, 6.07) is 0.858. The van der Waals surface area contributed by atoms with Crippen molar-refractivity contribution in [3.63, 3.8) is 0 Å². The van der Waals surface area contributed by atoms with Crippen LogP contribution in [0.2, 0.25) is 0 Å². The molecule has 2 aliphatic rings. The van der Waals surface area contributed by atoms with Crippen molar-refractivity contribution in [3.8, 4) is 0 Å². The van der Waals surface area contributed by atoms with Crippen LogP contribution < -0.4 is 4.90 Å². The lowest BCUT2D eigenvalue weighted by Gasteiger charge is -2.37. The lowest BCUT2D eigenvalue weighted by atomic mass is 9.84. The van der Waals surface area contributed by atoms with Gasteiger partial charge < -0.3 is 9.64 Å². The Labute approximate surface area is 111 Å². The Hall–Kier alpha value is -0.570. The Bertz CT molecular complexity index is 272. The van der Waals surface area contributed by atoms with Crippen molar-refractivity contribution >= 4 is 5.97 Å². The molecule has 104 valence electrons. The maximum atomic E-state index is 11.7. The molecular weight excluding hydrogens is 226 g/mol. The highest BCUT2D eigenvalue weighted by molar-refractivity contribution is 5.72. The van der Waals surface area contributed by atoms with E-state index in [1.807, 2.05) is 6.92 Å². The summed E-state index contributed by atoms with van der Waals surface area (Å²) in [6.07, 6.45) is 7.65. The summed E-state index contributed by atoms with van der Waals surface area (Å²) in [5, 5.41) is 0. The summed E-state index contributed by atoms with van der Waals surface area (Å²) in [6.45, 7) is 7.13. The third-order valence-electron chi connectivity index (χ3n) is 4.76. The molecule has 1 saturated carbocycles. The van der Waals surface area contributed by atoms with E-state index < -0.39 is 0 Å². The van der Waals surface area contributed by atoms with E-state index in [-0.39, 0.29) is 11.9 Å². The van der Waals surface area contributed by atoms with Crippen LogP contribution in [-0.4, -0.2) is 31.7 Å². The van der Waals surface area contributed by atoms with Gasteiger partial charge in [0.15, 0.2) is 0 Å². The number of carbonyl (C=O) groups is 1. The van der Waals surface area contributed by atoms with Gasteiger partial charge in [-0.1, -0.05) is 13.3 Å². The minimum atomic E-state index is 0.0357. The Morgan fingerprint density at radius 2 is 1.94 bits per heavy atom. The van der Waals surface area contributed by atoms with E-state index in [9.17, 15) is 4.79 Å². The first kappa shape index (κ1) is 13.9. The van der Waals surface area contributed by atoms with Gasteiger partial charge in [0, 0.05) is 19.3 Å². The molecule has 1 saturated heterocycles. The van der Waals surface area contributed by atoms with Crippen molar-refractivity contribution in [2.45, 2.75) is 58.4 Å². The van der Waals surface area contributed by atoms with Crippen LogP contribution in [0.4, 0.5) is 0 Å². The summed E-state index contributed by atoms with van der Waals surface area (Å²) in [4.78, 5) is 13.5. The van der Waals surface area contributed by atoms with Gasteiger partial charge in [0.2, 0.25) is 0 Å². The highest BCUT2D eigenvalue weighted by atomic mass is 16.5. The van der Waals surface area contributed by atoms with Crippen molar-refractivity contribution in [1.29, 1.82) is 0 Å². The number of likely N-dealkylation sites (tertiary alicyclic amines) is 1. The zero-order valence-electron chi connectivity index (χ0n) is 11.9. The zero-order valence-corrected chi connectivity index (χ0v) is 11.9. The maximum absolute atomic E-state index is 11.7. The molecule has 1 aliphatic heterocycles. The molecule has 3 heteroatoms. The molecule has 0 aromatic rings. The lowest BCUT2D eigenvalue weighted by Crippen LogP contribution is -3.17. The average Bonchev–Trinajstić information content (AvgIpc) is 2.39. The summed E-state index contributed by atoms with van der Waals surface area (Å²) in [7, 11) is 0. The molecule has 1 aliphatic carbocycles. The van der Waals surface area contributed by atoms with Gasteiger partial charge in [-0.25, -0.2) is 0 Å². The number of hydrogen-bond acceptors (Lipinski definition) is 2. The highest BCUT2D eigenvalue weighted by Gasteiger charge is 2.34. The molecule has 1 heterocycles. The molecule has 1 N–H and O–H groups in total. The van der Waals surface area contributed by atoms with Crippen LogP contribution in [0.1, 0.15) is 52.4 Å². The normalized spacial score (nSPS) is 37.2. The molecule has 0 aromatic carbocycles. The largest absolute Gasteiger partial charge is 0.466 e. The second-order valence-corrected chi connectivity index (χ2v) is 6.15. The first-order valence-corrected chi connectivity index (χ1v) is 7.72. The number of carbonyl (C=O) groups excluding carboxylic acids is 1. The lowest BCUT2D eigenvalue weighted by molar-refractivity contribution is -0.932. The van der Waals surface area contributed by atoms with Crippen LogP contribution in [0.5, 0.6) is 0 Å². The number of rotatable bonds is 3. The molecule has 3 nitrogen and oxygen atoms in total. The van der Waals surface area contributed by atoms with E-state index in [2.05, 4.69) is 6.92 Å². The van der Waals surface area contributed by atoms with Crippen molar-refractivity contribution < 1.29 is 14.4 Å². The van der Waals surface area contributed by atoms with Crippen LogP contribution >= 0.6 is 0 Å². The van der Waals surface area contributed by atoms with Crippen molar-refractivity contribution in [2.75, 3.05) is 19.7 Å². The number of hydrogen-bond donors (Lipinski definition) is 1. The molecule has 2 atom stereocenters. The fourth-order valence-electron chi connectivity index (χ4n) is 3.70. The third-order valence-corrected chi connectivity index (χ3v) is 4.76. The topological polar surface area (TPSA) is 30.7 Å².